The first kappa shape index (κ1) is 22.0. The van der Waals surface area contributed by atoms with Gasteiger partial charge < -0.3 is 14.6 Å². The molecule has 0 heterocycles. The average molecular weight is 417 g/mol. The second-order valence-electron chi connectivity index (χ2n) is 11.1. The molecule has 0 radical (unpaired) electrons. The molecule has 4 aliphatic carbocycles. The van der Waals surface area contributed by atoms with Crippen LogP contribution in [0.5, 0.6) is 0 Å². The quantitative estimate of drug-likeness (QED) is 0.290. The van der Waals surface area contributed by atoms with Crippen LogP contribution in [0.3, 0.4) is 0 Å². The van der Waals surface area contributed by atoms with Crippen LogP contribution < -0.4 is 0 Å². The zero-order valence-corrected chi connectivity index (χ0v) is 19.3. The van der Waals surface area contributed by atoms with Crippen molar-refractivity contribution < 1.29 is 19.4 Å². The summed E-state index contributed by atoms with van der Waals surface area (Å²) in [4.78, 5) is 26.2. The molecular formula is C26H40O4. The molecule has 0 saturated heterocycles. The van der Waals surface area contributed by atoms with Crippen molar-refractivity contribution in [3.8, 4) is 0 Å². The van der Waals surface area contributed by atoms with Crippen LogP contribution in [0.1, 0.15) is 79.1 Å². The summed E-state index contributed by atoms with van der Waals surface area (Å²) >= 11 is 0. The lowest BCUT2D eigenvalue weighted by molar-refractivity contribution is -0.186. The maximum absolute atomic E-state index is 13.3. The van der Waals surface area contributed by atoms with Gasteiger partial charge in [0.1, 0.15) is 11.7 Å². The second-order valence-corrected chi connectivity index (χ2v) is 11.1. The Labute approximate surface area is 181 Å². The standard InChI is InChI=1S/C26H40O4/c1-5-6-7-8-11-30-16-25-14-20-18(4)9-10-21(20)24(15-27)13-19(25)12-22(17(2)3)26(24,25)23(28)29/h12,15,17-21H,5-11,13-14,16H2,1-4H3,(H,28,29)/t18?,19-,20?,21?,24-,25-,26+/m0/s1. The Kier molecular flexibility index (Phi) is 5.70. The third-order valence-electron chi connectivity index (χ3n) is 9.62. The van der Waals surface area contributed by atoms with Crippen LogP contribution >= 0.6 is 0 Å². The molecule has 7 atom stereocenters. The number of fused-ring (bicyclic) bond motifs is 2. The van der Waals surface area contributed by atoms with Gasteiger partial charge in [-0.25, -0.2) is 0 Å². The molecule has 4 nitrogen and oxygen atoms in total. The average Bonchev–Trinajstić information content (AvgIpc) is 3.27. The smallest absolute Gasteiger partial charge is 0.315 e. The Morgan fingerprint density at radius 1 is 1.27 bits per heavy atom. The fourth-order valence-electron chi connectivity index (χ4n) is 8.52. The predicted molar refractivity (Wildman–Crippen MR) is 117 cm³/mol. The zero-order valence-electron chi connectivity index (χ0n) is 19.3. The van der Waals surface area contributed by atoms with Crippen molar-refractivity contribution in [1.29, 1.82) is 0 Å². The van der Waals surface area contributed by atoms with E-state index in [0.717, 1.165) is 44.0 Å². The summed E-state index contributed by atoms with van der Waals surface area (Å²) in [6.07, 6.45) is 11.6. The monoisotopic (exact) mass is 416 g/mol. The van der Waals surface area contributed by atoms with E-state index in [4.69, 9.17) is 4.74 Å². The van der Waals surface area contributed by atoms with Crippen molar-refractivity contribution >= 4 is 12.3 Å². The van der Waals surface area contributed by atoms with Gasteiger partial charge in [-0.15, -0.1) is 0 Å². The van der Waals surface area contributed by atoms with Crippen LogP contribution in [-0.2, 0) is 14.3 Å². The molecule has 3 fully saturated rings. The number of unbranched alkanes of at least 4 members (excludes halogenated alkanes) is 3. The lowest BCUT2D eigenvalue weighted by Gasteiger charge is -2.58. The molecule has 4 heteroatoms. The van der Waals surface area contributed by atoms with E-state index in [-0.39, 0.29) is 17.8 Å². The molecule has 30 heavy (non-hydrogen) atoms. The van der Waals surface area contributed by atoms with Crippen molar-refractivity contribution in [2.45, 2.75) is 79.1 Å². The van der Waals surface area contributed by atoms with Gasteiger partial charge in [0.2, 0.25) is 0 Å². The highest BCUT2D eigenvalue weighted by Crippen LogP contribution is 2.82. The summed E-state index contributed by atoms with van der Waals surface area (Å²) in [5.74, 6) is 0.698. The normalized spacial score (nSPS) is 43.7. The molecule has 0 amide bonds. The Balaban J connectivity index is 1.75. The van der Waals surface area contributed by atoms with Gasteiger partial charge in [-0.2, -0.15) is 0 Å². The summed E-state index contributed by atoms with van der Waals surface area (Å²) in [7, 11) is 0. The summed E-state index contributed by atoms with van der Waals surface area (Å²) in [6, 6.07) is 0. The van der Waals surface area contributed by atoms with Gasteiger partial charge in [0.15, 0.2) is 0 Å². The highest BCUT2D eigenvalue weighted by Gasteiger charge is 2.84. The minimum absolute atomic E-state index is 0.130. The van der Waals surface area contributed by atoms with E-state index in [0.29, 0.717) is 31.5 Å². The predicted octanol–water partition coefficient (Wildman–Crippen LogP) is 5.51. The van der Waals surface area contributed by atoms with Crippen molar-refractivity contribution in [3.63, 3.8) is 0 Å². The van der Waals surface area contributed by atoms with Gasteiger partial charge >= 0.3 is 5.97 Å². The molecule has 0 aromatic rings. The molecule has 3 saturated carbocycles. The Hall–Kier alpha value is -1.16. The molecule has 4 rings (SSSR count). The number of carbonyl (C=O) groups excluding carboxylic acids is 1. The van der Waals surface area contributed by atoms with E-state index in [1.165, 1.54) is 12.8 Å². The molecule has 4 bridgehead atoms. The van der Waals surface area contributed by atoms with Crippen LogP contribution in [0.15, 0.2) is 11.6 Å². The molecule has 3 unspecified atom stereocenters. The van der Waals surface area contributed by atoms with Crippen molar-refractivity contribution in [3.05, 3.63) is 11.6 Å². The number of ether oxygens (including phenoxy) is 1. The third kappa shape index (κ3) is 2.55. The van der Waals surface area contributed by atoms with Gasteiger partial charge in [0.25, 0.3) is 0 Å². The number of aliphatic carboxylic acids is 1. The number of rotatable bonds is 10. The number of allylic oxidation sites excluding steroid dienone is 1. The third-order valence-corrected chi connectivity index (χ3v) is 9.62. The van der Waals surface area contributed by atoms with E-state index in [1.54, 1.807) is 0 Å². The van der Waals surface area contributed by atoms with E-state index < -0.39 is 22.2 Å². The van der Waals surface area contributed by atoms with Crippen LogP contribution in [0.2, 0.25) is 0 Å². The van der Waals surface area contributed by atoms with Crippen LogP contribution in [0.4, 0.5) is 0 Å². The minimum atomic E-state index is -1.09. The molecule has 0 aliphatic heterocycles. The molecule has 4 aliphatic rings. The Morgan fingerprint density at radius 2 is 2.03 bits per heavy atom. The van der Waals surface area contributed by atoms with E-state index in [2.05, 4.69) is 33.8 Å². The van der Waals surface area contributed by atoms with Crippen molar-refractivity contribution in [1.82, 2.24) is 0 Å². The molecule has 0 aromatic carbocycles. The molecule has 1 N–H and O–H groups in total. The summed E-state index contributed by atoms with van der Waals surface area (Å²) < 4.78 is 6.29. The number of carboxylic acids is 1. The van der Waals surface area contributed by atoms with E-state index in [1.807, 2.05) is 0 Å². The number of hydrogen-bond acceptors (Lipinski definition) is 3. The summed E-state index contributed by atoms with van der Waals surface area (Å²) in [5.41, 5.74) is -1.32. The molecule has 168 valence electrons. The Bertz CT molecular complexity index is 727. The maximum Gasteiger partial charge on any atom is 0.315 e. The maximum atomic E-state index is 13.3. The highest BCUT2D eigenvalue weighted by molar-refractivity contribution is 5.90. The SMILES string of the molecule is CCCCCCOC[C@@]12CC3C(C)CCC3[C@@]3(C=O)C[C@@H]1C=C(C(C)C)[C@]23C(=O)O. The van der Waals surface area contributed by atoms with Crippen LogP contribution in [0, 0.1) is 45.8 Å². The number of aldehydes is 1. The fraction of sp³-hybridized carbons (Fsp3) is 0.846. The van der Waals surface area contributed by atoms with Crippen LogP contribution in [-0.4, -0.2) is 30.6 Å². The molecule has 0 spiro atoms. The largest absolute Gasteiger partial charge is 0.481 e. The molecule has 0 aromatic heterocycles. The fourth-order valence-corrected chi connectivity index (χ4v) is 8.52. The van der Waals surface area contributed by atoms with E-state index >= 15 is 0 Å². The Morgan fingerprint density at radius 3 is 2.67 bits per heavy atom. The van der Waals surface area contributed by atoms with E-state index in [9.17, 15) is 14.7 Å². The number of hydrogen-bond donors (Lipinski definition) is 1. The first-order valence-corrected chi connectivity index (χ1v) is 12.3. The minimum Gasteiger partial charge on any atom is -0.481 e. The lowest BCUT2D eigenvalue weighted by atomic mass is 9.43. The number of carboxylic acid groups (broad SMARTS) is 1. The first-order chi connectivity index (χ1) is 14.3. The zero-order chi connectivity index (χ0) is 21.7. The topological polar surface area (TPSA) is 63.6 Å². The first-order valence-electron chi connectivity index (χ1n) is 12.3. The molecular weight excluding hydrogens is 376 g/mol. The van der Waals surface area contributed by atoms with Gasteiger partial charge in [-0.3, -0.25) is 4.79 Å². The van der Waals surface area contributed by atoms with Gasteiger partial charge in [-0.1, -0.05) is 65.0 Å². The number of carbonyl (C=O) groups is 2. The second kappa shape index (κ2) is 7.76. The summed E-state index contributed by atoms with van der Waals surface area (Å²) in [6.45, 7) is 9.87. The lowest BCUT2D eigenvalue weighted by Crippen LogP contribution is -2.63. The highest BCUT2D eigenvalue weighted by atomic mass is 16.5. The van der Waals surface area contributed by atoms with Gasteiger partial charge in [-0.05, 0) is 55.3 Å². The van der Waals surface area contributed by atoms with Gasteiger partial charge in [0.05, 0.1) is 12.0 Å². The van der Waals surface area contributed by atoms with Crippen LogP contribution in [0.25, 0.3) is 0 Å². The summed E-state index contributed by atoms with van der Waals surface area (Å²) in [5, 5.41) is 10.9. The van der Waals surface area contributed by atoms with Gasteiger partial charge in [0, 0.05) is 12.0 Å². The van der Waals surface area contributed by atoms with Crippen molar-refractivity contribution in [2.24, 2.45) is 45.8 Å². The van der Waals surface area contributed by atoms with Crippen molar-refractivity contribution in [2.75, 3.05) is 13.2 Å².